The lowest BCUT2D eigenvalue weighted by Gasteiger charge is -2.08. The second kappa shape index (κ2) is 8.79. The zero-order chi connectivity index (χ0) is 22.0. The van der Waals surface area contributed by atoms with Crippen molar-refractivity contribution in [1.82, 2.24) is 9.88 Å². The number of aromatic nitrogens is 1. The molecule has 1 saturated carbocycles. The van der Waals surface area contributed by atoms with E-state index >= 15 is 0 Å². The lowest BCUT2D eigenvalue weighted by molar-refractivity contribution is -0.124. The zero-order valence-electron chi connectivity index (χ0n) is 17.6. The van der Waals surface area contributed by atoms with Crippen LogP contribution in [0.3, 0.4) is 0 Å². The van der Waals surface area contributed by atoms with Crippen LogP contribution in [-0.2, 0) is 16.0 Å². The van der Waals surface area contributed by atoms with Gasteiger partial charge in [0.2, 0.25) is 0 Å². The molecule has 1 heterocycles. The Labute approximate surface area is 179 Å². The number of benzene rings is 2. The molecule has 31 heavy (non-hydrogen) atoms. The van der Waals surface area contributed by atoms with E-state index < -0.39 is 5.97 Å². The largest absolute Gasteiger partial charge is 0.497 e. The molecule has 1 fully saturated rings. The van der Waals surface area contributed by atoms with Gasteiger partial charge in [-0.2, -0.15) is 0 Å². The molecule has 0 saturated heterocycles. The first-order valence-corrected chi connectivity index (χ1v) is 10.3. The fourth-order valence-electron chi connectivity index (χ4n) is 3.86. The quantitative estimate of drug-likeness (QED) is 0.556. The molecule has 0 bridgehead atoms. The summed E-state index contributed by atoms with van der Waals surface area (Å²) in [5, 5.41) is 3.49. The summed E-state index contributed by atoms with van der Waals surface area (Å²) in [5.74, 6) is -0.538. The smallest absolute Gasteiger partial charge is 0.341 e. The molecule has 1 aliphatic carbocycles. The third-order valence-electron chi connectivity index (χ3n) is 5.56. The van der Waals surface area contributed by atoms with Gasteiger partial charge >= 0.3 is 5.97 Å². The first-order chi connectivity index (χ1) is 15.0. The summed E-state index contributed by atoms with van der Waals surface area (Å²) in [7, 11) is 1.58. The van der Waals surface area contributed by atoms with E-state index in [0.717, 1.165) is 35.0 Å². The number of carbonyl (C=O) groups is 2. The van der Waals surface area contributed by atoms with Crippen molar-refractivity contribution in [3.63, 3.8) is 0 Å². The van der Waals surface area contributed by atoms with Crippen LogP contribution in [0.2, 0.25) is 0 Å². The van der Waals surface area contributed by atoms with Crippen LogP contribution in [0.4, 0.5) is 4.39 Å². The first kappa shape index (κ1) is 20.9. The minimum atomic E-state index is -0.524. The van der Waals surface area contributed by atoms with Crippen molar-refractivity contribution in [1.29, 1.82) is 0 Å². The molecule has 1 aliphatic rings. The molecular formula is C24H25FN2O4. The monoisotopic (exact) mass is 424 g/mol. The molecule has 1 N–H and O–H groups in total. The minimum Gasteiger partial charge on any atom is -0.497 e. The van der Waals surface area contributed by atoms with E-state index in [1.54, 1.807) is 19.2 Å². The Kier molecular flexibility index (Phi) is 5.93. The third-order valence-corrected chi connectivity index (χ3v) is 5.56. The molecule has 4 rings (SSSR count). The van der Waals surface area contributed by atoms with Gasteiger partial charge in [-0.1, -0.05) is 12.1 Å². The molecule has 0 aliphatic heterocycles. The summed E-state index contributed by atoms with van der Waals surface area (Å²) >= 11 is 0. The van der Waals surface area contributed by atoms with Crippen molar-refractivity contribution in [2.45, 2.75) is 32.2 Å². The van der Waals surface area contributed by atoms with Crippen molar-refractivity contribution in [3.8, 4) is 5.75 Å². The van der Waals surface area contributed by atoms with E-state index in [2.05, 4.69) is 9.88 Å². The fourth-order valence-corrected chi connectivity index (χ4v) is 3.86. The Morgan fingerprint density at radius 2 is 1.90 bits per heavy atom. The Morgan fingerprint density at radius 1 is 1.16 bits per heavy atom. The average molecular weight is 424 g/mol. The molecule has 3 aromatic rings. The SMILES string of the molecule is COc1ccc2c(c1)c(C(=O)OCC(=O)NCCc1ccc(F)cc1)c(C)n2C1CC1. The third kappa shape index (κ3) is 4.55. The Morgan fingerprint density at radius 3 is 2.58 bits per heavy atom. The maximum absolute atomic E-state index is 12.9. The number of hydrogen-bond donors (Lipinski definition) is 1. The summed E-state index contributed by atoms with van der Waals surface area (Å²) < 4.78 is 25.8. The van der Waals surface area contributed by atoms with Crippen molar-refractivity contribution in [3.05, 3.63) is 65.1 Å². The number of nitrogens with zero attached hydrogens (tertiary/aromatic N) is 1. The number of fused-ring (bicyclic) bond motifs is 1. The minimum absolute atomic E-state index is 0.296. The number of halogens is 1. The topological polar surface area (TPSA) is 69.6 Å². The van der Waals surface area contributed by atoms with Crippen LogP contribution < -0.4 is 10.1 Å². The molecular weight excluding hydrogens is 399 g/mol. The first-order valence-electron chi connectivity index (χ1n) is 10.3. The summed E-state index contributed by atoms with van der Waals surface area (Å²) in [6.07, 6.45) is 2.73. The van der Waals surface area contributed by atoms with Crippen LogP contribution in [0.1, 0.15) is 40.5 Å². The highest BCUT2D eigenvalue weighted by atomic mass is 19.1. The van der Waals surface area contributed by atoms with E-state index in [0.29, 0.717) is 30.3 Å². The second-order valence-corrected chi connectivity index (χ2v) is 7.75. The van der Waals surface area contributed by atoms with Crippen LogP contribution >= 0.6 is 0 Å². The molecule has 0 radical (unpaired) electrons. The lowest BCUT2D eigenvalue weighted by Crippen LogP contribution is -2.30. The van der Waals surface area contributed by atoms with Crippen LogP contribution in [0.5, 0.6) is 5.75 Å². The van der Waals surface area contributed by atoms with Crippen LogP contribution in [0.15, 0.2) is 42.5 Å². The van der Waals surface area contributed by atoms with Crippen molar-refractivity contribution in [2.24, 2.45) is 0 Å². The Hall–Kier alpha value is -3.35. The molecule has 6 nitrogen and oxygen atoms in total. The van der Waals surface area contributed by atoms with Gasteiger partial charge in [0.1, 0.15) is 11.6 Å². The highest BCUT2D eigenvalue weighted by Gasteiger charge is 2.31. The maximum Gasteiger partial charge on any atom is 0.341 e. The van der Waals surface area contributed by atoms with Crippen molar-refractivity contribution >= 4 is 22.8 Å². The van der Waals surface area contributed by atoms with Gasteiger partial charge in [0, 0.05) is 29.2 Å². The number of rotatable bonds is 8. The highest BCUT2D eigenvalue weighted by Crippen LogP contribution is 2.42. The number of hydrogen-bond acceptors (Lipinski definition) is 4. The molecule has 0 atom stereocenters. The summed E-state index contributed by atoms with van der Waals surface area (Å²) in [4.78, 5) is 25.0. The predicted molar refractivity (Wildman–Crippen MR) is 115 cm³/mol. The van der Waals surface area contributed by atoms with E-state index in [1.165, 1.54) is 12.1 Å². The van der Waals surface area contributed by atoms with Crippen molar-refractivity contribution < 1.29 is 23.5 Å². The Bertz CT molecular complexity index is 1120. The number of amides is 1. The highest BCUT2D eigenvalue weighted by molar-refractivity contribution is 6.07. The van der Waals surface area contributed by atoms with Crippen LogP contribution in [0.25, 0.3) is 10.9 Å². The predicted octanol–water partition coefficient (Wildman–Crippen LogP) is 3.95. The number of nitrogens with one attached hydrogen (secondary N) is 1. The number of methoxy groups -OCH3 is 1. The maximum atomic E-state index is 12.9. The van der Waals surface area contributed by atoms with Crippen LogP contribution in [0, 0.1) is 12.7 Å². The molecule has 0 spiro atoms. The number of esters is 1. The summed E-state index contributed by atoms with van der Waals surface area (Å²) in [5.41, 5.74) is 3.19. The molecule has 7 heteroatoms. The molecule has 1 aromatic heterocycles. The standard InChI is InChI=1S/C24H25FN2O4/c1-15-23(20-13-19(30-2)9-10-21(20)27(15)18-7-8-18)24(29)31-14-22(28)26-12-11-16-3-5-17(25)6-4-16/h3-6,9-10,13,18H,7-8,11-12,14H2,1-2H3,(H,26,28). The van der Waals surface area contributed by atoms with Gasteiger partial charge < -0.3 is 19.4 Å². The van der Waals surface area contributed by atoms with Gasteiger partial charge in [0.05, 0.1) is 12.7 Å². The van der Waals surface area contributed by atoms with E-state index in [-0.39, 0.29) is 18.3 Å². The van der Waals surface area contributed by atoms with Crippen molar-refractivity contribution in [2.75, 3.05) is 20.3 Å². The van der Waals surface area contributed by atoms with Gasteiger partial charge in [-0.05, 0) is 62.1 Å². The second-order valence-electron chi connectivity index (χ2n) is 7.75. The Balaban J connectivity index is 1.40. The number of ether oxygens (including phenoxy) is 2. The van der Waals surface area contributed by atoms with Crippen LogP contribution in [-0.4, -0.2) is 36.7 Å². The fraction of sp³-hybridized carbons (Fsp3) is 0.333. The van der Waals surface area contributed by atoms with Gasteiger partial charge in [0.15, 0.2) is 6.61 Å². The molecule has 1 amide bonds. The van der Waals surface area contributed by atoms with Gasteiger partial charge in [-0.3, -0.25) is 4.79 Å². The number of carbonyl (C=O) groups excluding carboxylic acids is 2. The van der Waals surface area contributed by atoms with Gasteiger partial charge in [0.25, 0.3) is 5.91 Å². The zero-order valence-corrected chi connectivity index (χ0v) is 17.6. The van der Waals surface area contributed by atoms with E-state index in [4.69, 9.17) is 9.47 Å². The van der Waals surface area contributed by atoms with E-state index in [1.807, 2.05) is 25.1 Å². The molecule has 2 aromatic carbocycles. The lowest BCUT2D eigenvalue weighted by atomic mass is 10.1. The van der Waals surface area contributed by atoms with E-state index in [9.17, 15) is 14.0 Å². The molecule has 0 unspecified atom stereocenters. The molecule has 162 valence electrons. The average Bonchev–Trinajstić information content (AvgIpc) is 3.55. The van der Waals surface area contributed by atoms with Gasteiger partial charge in [-0.15, -0.1) is 0 Å². The van der Waals surface area contributed by atoms with Gasteiger partial charge in [-0.25, -0.2) is 9.18 Å². The summed E-state index contributed by atoms with van der Waals surface area (Å²) in [6.45, 7) is 1.92. The summed E-state index contributed by atoms with van der Waals surface area (Å²) in [6, 6.07) is 12.2. The normalized spacial score (nSPS) is 13.3.